The molecule has 0 atom stereocenters. The molecule has 0 saturated carbocycles. The van der Waals surface area contributed by atoms with Gasteiger partial charge in [0.15, 0.2) is 0 Å². The van der Waals surface area contributed by atoms with Crippen molar-refractivity contribution < 1.29 is 33.1 Å². The summed E-state index contributed by atoms with van der Waals surface area (Å²) in [4.78, 5) is 48.8. The van der Waals surface area contributed by atoms with Gasteiger partial charge >= 0.3 is 5.97 Å². The maximum absolute atomic E-state index is 13.5. The largest absolute Gasteiger partial charge is 0.480 e. The summed E-state index contributed by atoms with van der Waals surface area (Å²) in [6.45, 7) is -0.939. The van der Waals surface area contributed by atoms with Crippen LogP contribution in [0, 0.1) is 11.6 Å². The highest BCUT2D eigenvalue weighted by Crippen LogP contribution is 2.35. The number of carbonyl (C=O) groups is 4. The molecule has 1 aromatic carbocycles. The van der Waals surface area contributed by atoms with Crippen molar-refractivity contribution in [1.82, 2.24) is 15.5 Å². The van der Waals surface area contributed by atoms with Gasteiger partial charge < -0.3 is 15.7 Å². The predicted octanol–water partition coefficient (Wildman–Crippen LogP) is 2.60. The minimum atomic E-state index is -1.20. The number of hydrogen-bond acceptors (Lipinski definition) is 7. The van der Waals surface area contributed by atoms with E-state index in [-0.39, 0.29) is 29.7 Å². The zero-order valence-corrected chi connectivity index (χ0v) is 19.8. The highest BCUT2D eigenvalue weighted by atomic mass is 32.2. The van der Waals surface area contributed by atoms with Crippen molar-refractivity contribution in [2.45, 2.75) is 6.42 Å². The molecule has 1 aromatic heterocycles. The number of aliphatic carboxylic acids is 1. The van der Waals surface area contributed by atoms with Crippen LogP contribution in [0.1, 0.15) is 11.3 Å². The Morgan fingerprint density at radius 2 is 1.71 bits per heavy atom. The van der Waals surface area contributed by atoms with Gasteiger partial charge in [0.25, 0.3) is 5.91 Å². The summed E-state index contributed by atoms with van der Waals surface area (Å²) in [5, 5.41) is 14.7. The first kappa shape index (κ1) is 25.5. The number of carboxylic acid groups (broad SMARTS) is 1. The van der Waals surface area contributed by atoms with Crippen molar-refractivity contribution in [3.63, 3.8) is 0 Å². The molecule has 0 spiro atoms. The molecule has 2 aromatic rings. The third kappa shape index (κ3) is 6.92. The highest BCUT2D eigenvalue weighted by molar-refractivity contribution is 8.26. The normalized spacial score (nSPS) is 14.5. The molecule has 8 nitrogen and oxygen atoms in total. The summed E-state index contributed by atoms with van der Waals surface area (Å²) >= 11 is 7.60. The number of thiocarbonyl (C=S) groups is 1. The fraction of sp³-hybridized carbons (Fsp3) is 0.190. The molecule has 3 N–H and O–H groups in total. The van der Waals surface area contributed by atoms with Crippen LogP contribution in [0.2, 0.25) is 0 Å². The van der Waals surface area contributed by atoms with Crippen LogP contribution in [-0.2, 0) is 19.2 Å². The minimum Gasteiger partial charge on any atom is -0.480 e. The van der Waals surface area contributed by atoms with Crippen LogP contribution < -0.4 is 10.6 Å². The average molecular weight is 526 g/mol. The molecule has 3 amide bonds. The molecule has 0 radical (unpaired) electrons. The number of carbonyl (C=O) groups excluding carboxylic acids is 3. The second kappa shape index (κ2) is 11.3. The lowest BCUT2D eigenvalue weighted by atomic mass is 10.1. The molecule has 178 valence electrons. The van der Waals surface area contributed by atoms with Crippen molar-refractivity contribution in [2.24, 2.45) is 0 Å². The zero-order chi connectivity index (χ0) is 24.8. The number of nitrogens with one attached hydrogen (secondary N) is 2. The van der Waals surface area contributed by atoms with Gasteiger partial charge in [-0.2, -0.15) is 0 Å². The van der Waals surface area contributed by atoms with Crippen molar-refractivity contribution >= 4 is 69.4 Å². The lowest BCUT2D eigenvalue weighted by molar-refractivity contribution is -0.137. The molecule has 1 fully saturated rings. The molecule has 1 aliphatic rings. The van der Waals surface area contributed by atoms with Gasteiger partial charge in [-0.05, 0) is 40.8 Å². The van der Waals surface area contributed by atoms with Gasteiger partial charge in [0, 0.05) is 23.9 Å². The van der Waals surface area contributed by atoms with Crippen molar-refractivity contribution in [1.29, 1.82) is 0 Å². The number of benzene rings is 1. The van der Waals surface area contributed by atoms with Crippen molar-refractivity contribution in [3.8, 4) is 11.1 Å². The van der Waals surface area contributed by atoms with E-state index >= 15 is 0 Å². The smallest absolute Gasteiger partial charge is 0.322 e. The van der Waals surface area contributed by atoms with Gasteiger partial charge in [0.05, 0.1) is 11.4 Å². The Kier molecular flexibility index (Phi) is 8.47. The van der Waals surface area contributed by atoms with Crippen LogP contribution >= 0.6 is 35.3 Å². The molecule has 1 aliphatic heterocycles. The molecule has 13 heteroatoms. The molecule has 34 heavy (non-hydrogen) atoms. The number of halogens is 2. The summed E-state index contributed by atoms with van der Waals surface area (Å²) in [5.74, 6) is -4.12. The van der Waals surface area contributed by atoms with Crippen LogP contribution in [0.25, 0.3) is 17.2 Å². The molecular formula is C21H17F2N3O5S3. The Balaban J connectivity index is 1.56. The Hall–Kier alpha value is -3.16. The minimum absolute atomic E-state index is 0.00282. The van der Waals surface area contributed by atoms with Crippen LogP contribution in [0.3, 0.4) is 0 Å². The third-order valence-corrected chi connectivity index (χ3v) is 6.67. The fourth-order valence-corrected chi connectivity index (χ4v) is 5.06. The second-order valence-electron chi connectivity index (χ2n) is 6.93. The van der Waals surface area contributed by atoms with E-state index in [0.717, 1.165) is 17.8 Å². The number of amides is 3. The highest BCUT2D eigenvalue weighted by Gasteiger charge is 2.32. The lowest BCUT2D eigenvalue weighted by Gasteiger charge is -2.14. The average Bonchev–Trinajstić information content (AvgIpc) is 3.33. The van der Waals surface area contributed by atoms with Crippen molar-refractivity contribution in [2.75, 3.05) is 19.6 Å². The topological polar surface area (TPSA) is 116 Å². The number of thioether (sulfide) groups is 1. The quantitative estimate of drug-likeness (QED) is 0.341. The monoisotopic (exact) mass is 525 g/mol. The summed E-state index contributed by atoms with van der Waals surface area (Å²) in [5.41, 5.74) is 0.984. The molecule has 0 bridgehead atoms. The first-order valence-corrected chi connectivity index (χ1v) is 11.8. The number of nitrogens with zero attached hydrogens (tertiary/aromatic N) is 1. The summed E-state index contributed by atoms with van der Waals surface area (Å²) in [6.07, 6.45) is 1.51. The van der Waals surface area contributed by atoms with Crippen LogP contribution in [0.4, 0.5) is 8.78 Å². The Bertz CT molecular complexity index is 1180. The summed E-state index contributed by atoms with van der Waals surface area (Å²) < 4.78 is 27.2. The van der Waals surface area contributed by atoms with Crippen molar-refractivity contribution in [3.05, 3.63) is 51.1 Å². The van der Waals surface area contributed by atoms with Gasteiger partial charge in [0.2, 0.25) is 11.8 Å². The molecule has 0 unspecified atom stereocenters. The molecule has 2 heterocycles. The van der Waals surface area contributed by atoms with E-state index in [1.165, 1.54) is 28.4 Å². The molecular weight excluding hydrogens is 508 g/mol. The second-order valence-corrected chi connectivity index (χ2v) is 9.54. The molecule has 1 saturated heterocycles. The molecule has 0 aliphatic carbocycles. The third-order valence-electron chi connectivity index (χ3n) is 4.41. The first-order chi connectivity index (χ1) is 16.1. The molecule has 3 rings (SSSR count). The maximum Gasteiger partial charge on any atom is 0.322 e. The SMILES string of the molecule is O=C(O)CNC(=O)CNC(=O)CCN1C(=O)/C(=C/c2cc(-c3cc(F)cc(F)c3)cs2)SC1=S. The summed E-state index contributed by atoms with van der Waals surface area (Å²) in [7, 11) is 0. The van der Waals surface area contributed by atoms with E-state index in [4.69, 9.17) is 17.3 Å². The lowest BCUT2D eigenvalue weighted by Crippen LogP contribution is -2.40. The Labute approximate surface area is 206 Å². The van der Waals surface area contributed by atoms with Gasteiger partial charge in [-0.15, -0.1) is 11.3 Å². The summed E-state index contributed by atoms with van der Waals surface area (Å²) in [6, 6.07) is 4.93. The van der Waals surface area contributed by atoms with Gasteiger partial charge in [-0.3, -0.25) is 24.1 Å². The van der Waals surface area contributed by atoms with E-state index in [0.29, 0.717) is 20.9 Å². The standard InChI is InChI=1S/C21H17F2N3O5S3/c22-13-3-11(4-14(23)6-13)12-5-15(33-10-12)7-16-20(31)26(21(32)34-16)2-1-17(27)24-8-18(28)25-9-19(29)30/h3-7,10H,1-2,8-9H2,(H,24,27)(H,25,28)(H,29,30)/b16-7-. The van der Waals surface area contributed by atoms with Gasteiger partial charge in [-0.1, -0.05) is 24.0 Å². The zero-order valence-electron chi connectivity index (χ0n) is 17.3. The van der Waals surface area contributed by atoms with E-state index in [1.54, 1.807) is 17.5 Å². The van der Waals surface area contributed by atoms with E-state index in [1.807, 2.05) is 0 Å². The predicted molar refractivity (Wildman–Crippen MR) is 128 cm³/mol. The van der Waals surface area contributed by atoms with Crippen LogP contribution in [0.15, 0.2) is 34.6 Å². The van der Waals surface area contributed by atoms with Gasteiger partial charge in [-0.25, -0.2) is 8.78 Å². The maximum atomic E-state index is 13.5. The van der Waals surface area contributed by atoms with Crippen LogP contribution in [0.5, 0.6) is 0 Å². The Morgan fingerprint density at radius 1 is 1.03 bits per heavy atom. The number of rotatable bonds is 9. The first-order valence-electron chi connectivity index (χ1n) is 9.68. The number of hydrogen-bond donors (Lipinski definition) is 3. The van der Waals surface area contributed by atoms with E-state index < -0.39 is 36.0 Å². The Morgan fingerprint density at radius 3 is 2.38 bits per heavy atom. The fourth-order valence-electron chi connectivity index (χ4n) is 2.84. The number of carboxylic acids is 1. The van der Waals surface area contributed by atoms with E-state index in [2.05, 4.69) is 10.6 Å². The van der Waals surface area contributed by atoms with Crippen LogP contribution in [-0.4, -0.2) is 57.7 Å². The van der Waals surface area contributed by atoms with E-state index in [9.17, 15) is 28.0 Å². The van der Waals surface area contributed by atoms with Gasteiger partial charge in [0.1, 0.15) is 22.5 Å². The number of thiophene rings is 1.